The summed E-state index contributed by atoms with van der Waals surface area (Å²) in [7, 11) is 1.51. The lowest BCUT2D eigenvalue weighted by atomic mass is 10.1. The first-order valence-corrected chi connectivity index (χ1v) is 8.95. The van der Waals surface area contributed by atoms with Crippen LogP contribution >= 0.6 is 0 Å². The maximum absolute atomic E-state index is 13.1. The Bertz CT molecular complexity index is 1170. The molecular formula is C19H21N5O3. The van der Waals surface area contributed by atoms with E-state index in [-0.39, 0.29) is 22.7 Å². The number of nitrogens with one attached hydrogen (secondary N) is 2. The van der Waals surface area contributed by atoms with Crippen LogP contribution in [0.3, 0.4) is 0 Å². The minimum atomic E-state index is -0.406. The highest BCUT2D eigenvalue weighted by molar-refractivity contribution is 5.96. The van der Waals surface area contributed by atoms with E-state index in [1.807, 2.05) is 13.0 Å². The Morgan fingerprint density at radius 1 is 1.44 bits per heavy atom. The topological polar surface area (TPSA) is 101 Å². The Morgan fingerprint density at radius 2 is 2.26 bits per heavy atom. The molecule has 27 heavy (non-hydrogen) atoms. The molecule has 0 bridgehead atoms. The van der Waals surface area contributed by atoms with Crippen molar-refractivity contribution >= 4 is 22.6 Å². The first-order chi connectivity index (χ1) is 13.0. The molecule has 8 nitrogen and oxygen atoms in total. The van der Waals surface area contributed by atoms with Gasteiger partial charge in [0.2, 0.25) is 0 Å². The quantitative estimate of drug-likeness (QED) is 0.674. The normalized spacial score (nSPS) is 16.9. The number of amides is 1. The molecule has 1 saturated heterocycles. The van der Waals surface area contributed by atoms with Crippen molar-refractivity contribution in [2.45, 2.75) is 32.4 Å². The van der Waals surface area contributed by atoms with Crippen molar-refractivity contribution in [1.29, 1.82) is 5.41 Å². The Morgan fingerprint density at radius 3 is 2.96 bits per heavy atom. The molecule has 0 spiro atoms. The highest BCUT2D eigenvalue weighted by Crippen LogP contribution is 2.17. The second-order valence-electron chi connectivity index (χ2n) is 6.77. The molecule has 8 heteroatoms. The number of ether oxygens (including phenoxy) is 1. The van der Waals surface area contributed by atoms with Gasteiger partial charge in [0.25, 0.3) is 11.5 Å². The summed E-state index contributed by atoms with van der Waals surface area (Å²) in [5, 5.41) is 11.4. The number of nitrogens with zero attached hydrogens (tertiary/aromatic N) is 3. The van der Waals surface area contributed by atoms with Crippen LogP contribution < -0.4 is 16.4 Å². The van der Waals surface area contributed by atoms with Crippen LogP contribution in [0.2, 0.25) is 0 Å². The molecule has 0 saturated carbocycles. The van der Waals surface area contributed by atoms with Gasteiger partial charge in [-0.25, -0.2) is 4.98 Å². The zero-order valence-electron chi connectivity index (χ0n) is 15.3. The summed E-state index contributed by atoms with van der Waals surface area (Å²) < 4.78 is 8.82. The van der Waals surface area contributed by atoms with Crippen molar-refractivity contribution in [3.63, 3.8) is 0 Å². The molecule has 1 amide bonds. The number of hydrogen-bond donors (Lipinski definition) is 2. The van der Waals surface area contributed by atoms with E-state index in [0.29, 0.717) is 29.8 Å². The number of carbonyl (C=O) groups is 1. The number of rotatable bonds is 3. The first kappa shape index (κ1) is 17.4. The van der Waals surface area contributed by atoms with E-state index in [0.717, 1.165) is 18.4 Å². The van der Waals surface area contributed by atoms with Crippen LogP contribution in [0.5, 0.6) is 0 Å². The maximum atomic E-state index is 13.1. The van der Waals surface area contributed by atoms with Gasteiger partial charge in [-0.05, 0) is 37.5 Å². The van der Waals surface area contributed by atoms with Gasteiger partial charge in [0.05, 0.1) is 23.6 Å². The van der Waals surface area contributed by atoms with Crippen molar-refractivity contribution in [2.75, 3.05) is 13.7 Å². The van der Waals surface area contributed by atoms with Gasteiger partial charge in [-0.15, -0.1) is 0 Å². The predicted molar refractivity (Wildman–Crippen MR) is 99.9 cm³/mol. The van der Waals surface area contributed by atoms with Crippen molar-refractivity contribution in [3.8, 4) is 0 Å². The van der Waals surface area contributed by atoms with Crippen molar-refractivity contribution in [3.05, 3.63) is 51.4 Å². The van der Waals surface area contributed by atoms with Crippen LogP contribution in [0, 0.1) is 12.3 Å². The number of aryl methyl sites for hydroxylation is 1. The molecule has 1 aliphatic rings. The van der Waals surface area contributed by atoms with Gasteiger partial charge in [-0.1, -0.05) is 6.07 Å². The standard InChI is InChI=1S/C19H21N5O3/c1-11-5-3-7-23-16(11)22-17-14(19(23)26)9-13(18(25)21-2)15(20)24(17)10-12-6-4-8-27-12/h3,5,7,9,12,20H,4,6,8,10H2,1-2H3,(H,21,25)/t12-/m0/s1. The minimum Gasteiger partial charge on any atom is -0.376 e. The van der Waals surface area contributed by atoms with Gasteiger partial charge in [-0.3, -0.25) is 19.4 Å². The molecule has 140 valence electrons. The molecule has 0 radical (unpaired) electrons. The van der Waals surface area contributed by atoms with E-state index >= 15 is 0 Å². The fourth-order valence-corrected chi connectivity index (χ4v) is 3.57. The molecule has 1 aliphatic heterocycles. The van der Waals surface area contributed by atoms with Crippen LogP contribution in [0.4, 0.5) is 0 Å². The number of hydrogen-bond acceptors (Lipinski definition) is 5. The highest BCUT2D eigenvalue weighted by Gasteiger charge is 2.21. The molecule has 1 atom stereocenters. The molecule has 3 aromatic rings. The third kappa shape index (κ3) is 2.82. The molecule has 3 aromatic heterocycles. The van der Waals surface area contributed by atoms with Crippen LogP contribution in [-0.4, -0.2) is 39.6 Å². The highest BCUT2D eigenvalue weighted by atomic mass is 16.5. The lowest BCUT2D eigenvalue weighted by Gasteiger charge is -2.17. The van der Waals surface area contributed by atoms with Crippen molar-refractivity contribution in [1.82, 2.24) is 19.3 Å². The largest absolute Gasteiger partial charge is 0.376 e. The molecule has 0 aromatic carbocycles. The van der Waals surface area contributed by atoms with Gasteiger partial charge in [0.15, 0.2) is 0 Å². The Labute approximate surface area is 154 Å². The monoisotopic (exact) mass is 367 g/mol. The summed E-state index contributed by atoms with van der Waals surface area (Å²) in [5.41, 5.74) is 1.73. The van der Waals surface area contributed by atoms with E-state index in [4.69, 9.17) is 10.1 Å². The van der Waals surface area contributed by atoms with Gasteiger partial charge in [0.1, 0.15) is 16.8 Å². The van der Waals surface area contributed by atoms with Gasteiger partial charge in [-0.2, -0.15) is 0 Å². The van der Waals surface area contributed by atoms with Gasteiger partial charge in [0, 0.05) is 19.9 Å². The fourth-order valence-electron chi connectivity index (χ4n) is 3.57. The summed E-state index contributed by atoms with van der Waals surface area (Å²) in [6.45, 7) is 2.96. The summed E-state index contributed by atoms with van der Waals surface area (Å²) in [5.74, 6) is -0.406. The first-order valence-electron chi connectivity index (χ1n) is 8.95. The predicted octanol–water partition coefficient (Wildman–Crippen LogP) is 0.976. The maximum Gasteiger partial charge on any atom is 0.267 e. The summed E-state index contributed by atoms with van der Waals surface area (Å²) in [6, 6.07) is 5.14. The number of pyridine rings is 2. The smallest absolute Gasteiger partial charge is 0.267 e. The summed E-state index contributed by atoms with van der Waals surface area (Å²) >= 11 is 0. The van der Waals surface area contributed by atoms with Crippen LogP contribution in [0.1, 0.15) is 28.8 Å². The van der Waals surface area contributed by atoms with Crippen molar-refractivity contribution in [2.24, 2.45) is 0 Å². The Kier molecular flexibility index (Phi) is 4.27. The fraction of sp³-hybridized carbons (Fsp3) is 0.368. The lowest BCUT2D eigenvalue weighted by Crippen LogP contribution is -2.35. The zero-order chi connectivity index (χ0) is 19.1. The summed E-state index contributed by atoms with van der Waals surface area (Å²) in [6.07, 6.45) is 3.45. The molecule has 1 fully saturated rings. The van der Waals surface area contributed by atoms with Gasteiger partial charge < -0.3 is 14.6 Å². The van der Waals surface area contributed by atoms with E-state index in [1.165, 1.54) is 17.5 Å². The van der Waals surface area contributed by atoms with Crippen LogP contribution in [0.15, 0.2) is 29.2 Å². The van der Waals surface area contributed by atoms with E-state index in [9.17, 15) is 9.59 Å². The summed E-state index contributed by atoms with van der Waals surface area (Å²) in [4.78, 5) is 30.1. The number of aromatic nitrogens is 3. The number of fused-ring (bicyclic) bond motifs is 2. The second-order valence-corrected chi connectivity index (χ2v) is 6.77. The third-order valence-corrected chi connectivity index (χ3v) is 5.02. The van der Waals surface area contributed by atoms with E-state index in [1.54, 1.807) is 16.8 Å². The molecule has 4 heterocycles. The van der Waals surface area contributed by atoms with E-state index in [2.05, 4.69) is 10.3 Å². The SMILES string of the molecule is CNC(=O)c1cc2c(=O)n3cccc(C)c3nc2n(C[C@@H]2CCCO2)c1=N. The van der Waals surface area contributed by atoms with Crippen molar-refractivity contribution < 1.29 is 9.53 Å². The van der Waals surface area contributed by atoms with Crippen LogP contribution in [0.25, 0.3) is 16.7 Å². The molecular weight excluding hydrogens is 346 g/mol. The Hall–Kier alpha value is -3.00. The number of carbonyl (C=O) groups excluding carboxylic acids is 1. The molecule has 0 aliphatic carbocycles. The third-order valence-electron chi connectivity index (χ3n) is 5.02. The zero-order valence-corrected chi connectivity index (χ0v) is 15.3. The Balaban J connectivity index is 2.09. The average Bonchev–Trinajstić information content (AvgIpc) is 3.18. The average molecular weight is 367 g/mol. The molecule has 2 N–H and O–H groups in total. The van der Waals surface area contributed by atoms with Gasteiger partial charge >= 0.3 is 0 Å². The molecule has 4 rings (SSSR count). The van der Waals surface area contributed by atoms with E-state index < -0.39 is 5.91 Å². The lowest BCUT2D eigenvalue weighted by molar-refractivity contribution is 0.0938. The second kappa shape index (κ2) is 6.62. The minimum absolute atomic E-state index is 0.0298. The molecule has 0 unspecified atom stereocenters. The van der Waals surface area contributed by atoms with Crippen LogP contribution in [-0.2, 0) is 11.3 Å².